The zero-order chi connectivity index (χ0) is 20.8. The highest BCUT2D eigenvalue weighted by atomic mass is 35.5. The number of carbonyl (C=O) groups excluding carboxylic acids is 1. The number of anilines is 1. The number of thioether (sulfide) groups is 1. The van der Waals surface area contributed by atoms with Crippen molar-refractivity contribution in [2.45, 2.75) is 24.1 Å². The van der Waals surface area contributed by atoms with E-state index in [1.807, 2.05) is 31.2 Å². The van der Waals surface area contributed by atoms with Crippen LogP contribution >= 0.6 is 23.4 Å². The van der Waals surface area contributed by atoms with E-state index in [9.17, 15) is 9.59 Å². The summed E-state index contributed by atoms with van der Waals surface area (Å²) in [5, 5.41) is 3.43. The molecule has 0 aliphatic carbocycles. The van der Waals surface area contributed by atoms with Gasteiger partial charge >= 0.3 is 0 Å². The number of rotatable bonds is 7. The van der Waals surface area contributed by atoms with Gasteiger partial charge in [-0.05, 0) is 43.3 Å². The molecule has 5 nitrogen and oxygen atoms in total. The van der Waals surface area contributed by atoms with Crippen LogP contribution < -0.4 is 15.5 Å². The molecule has 0 saturated heterocycles. The number of methoxy groups -OCH3 is 1. The lowest BCUT2D eigenvalue weighted by Gasteiger charge is -2.15. The molecule has 1 amide bonds. The van der Waals surface area contributed by atoms with Crippen LogP contribution in [0.25, 0.3) is 0 Å². The fourth-order valence-electron chi connectivity index (χ4n) is 2.70. The van der Waals surface area contributed by atoms with Gasteiger partial charge < -0.3 is 14.6 Å². The summed E-state index contributed by atoms with van der Waals surface area (Å²) < 4.78 is 6.89. The Bertz CT molecular complexity index is 1050. The summed E-state index contributed by atoms with van der Waals surface area (Å²) in [6.07, 6.45) is 1.58. The second kappa shape index (κ2) is 9.67. The SMILES string of the molecule is COc1cn(CC(=O)Nc2ccc(Cl)cc2)c(CSc2ccc(C)cc2)cc1=O. The highest BCUT2D eigenvalue weighted by Gasteiger charge is 2.11. The fourth-order valence-corrected chi connectivity index (χ4v) is 3.72. The number of hydrogen-bond donors (Lipinski definition) is 1. The Hall–Kier alpha value is -2.70. The molecule has 1 aromatic heterocycles. The van der Waals surface area contributed by atoms with Crippen LogP contribution in [0.1, 0.15) is 11.3 Å². The number of amides is 1. The lowest BCUT2D eigenvalue weighted by atomic mass is 10.2. The number of nitrogens with zero attached hydrogens (tertiary/aromatic N) is 1. The summed E-state index contributed by atoms with van der Waals surface area (Å²) in [5.41, 5.74) is 2.38. The van der Waals surface area contributed by atoms with Gasteiger partial charge in [-0.25, -0.2) is 0 Å². The summed E-state index contributed by atoms with van der Waals surface area (Å²) >= 11 is 7.48. The molecule has 0 aliphatic rings. The van der Waals surface area contributed by atoms with Crippen LogP contribution in [-0.2, 0) is 17.1 Å². The molecule has 0 aliphatic heterocycles. The van der Waals surface area contributed by atoms with Gasteiger partial charge in [0.25, 0.3) is 0 Å². The average molecular weight is 429 g/mol. The molecule has 0 atom stereocenters. The molecule has 2 aromatic carbocycles. The minimum Gasteiger partial charge on any atom is -0.491 e. The third-order valence-electron chi connectivity index (χ3n) is 4.25. The van der Waals surface area contributed by atoms with Gasteiger partial charge in [0.05, 0.1) is 13.3 Å². The molecule has 0 saturated carbocycles. The van der Waals surface area contributed by atoms with Gasteiger partial charge in [0.1, 0.15) is 6.54 Å². The third-order valence-corrected chi connectivity index (χ3v) is 5.55. The van der Waals surface area contributed by atoms with Crippen molar-refractivity contribution >= 4 is 35.0 Å². The second-order valence-electron chi connectivity index (χ2n) is 6.48. The predicted molar refractivity (Wildman–Crippen MR) is 118 cm³/mol. The first-order chi connectivity index (χ1) is 13.9. The summed E-state index contributed by atoms with van der Waals surface area (Å²) in [6, 6.07) is 16.6. The lowest BCUT2D eigenvalue weighted by Crippen LogP contribution is -2.22. The van der Waals surface area contributed by atoms with Gasteiger partial charge in [-0.2, -0.15) is 0 Å². The molecule has 0 radical (unpaired) electrons. The number of aromatic nitrogens is 1. The topological polar surface area (TPSA) is 60.3 Å². The highest BCUT2D eigenvalue weighted by Crippen LogP contribution is 2.23. The van der Waals surface area contributed by atoms with Crippen LogP contribution in [0, 0.1) is 6.92 Å². The number of carbonyl (C=O) groups is 1. The zero-order valence-corrected chi connectivity index (χ0v) is 17.7. The van der Waals surface area contributed by atoms with Crippen molar-refractivity contribution in [3.8, 4) is 5.75 Å². The largest absolute Gasteiger partial charge is 0.491 e. The normalized spacial score (nSPS) is 10.6. The van der Waals surface area contributed by atoms with E-state index >= 15 is 0 Å². The predicted octanol–water partition coefficient (Wildman–Crippen LogP) is 4.75. The molecule has 1 heterocycles. The van der Waals surface area contributed by atoms with E-state index < -0.39 is 0 Å². The van der Waals surface area contributed by atoms with E-state index in [1.54, 1.807) is 46.8 Å². The van der Waals surface area contributed by atoms with Crippen LogP contribution in [0.15, 0.2) is 70.5 Å². The van der Waals surface area contributed by atoms with Crippen molar-refractivity contribution in [3.63, 3.8) is 0 Å². The lowest BCUT2D eigenvalue weighted by molar-refractivity contribution is -0.116. The summed E-state index contributed by atoms with van der Waals surface area (Å²) in [4.78, 5) is 25.8. The highest BCUT2D eigenvalue weighted by molar-refractivity contribution is 7.98. The molecule has 0 fully saturated rings. The fraction of sp³-hybridized carbons (Fsp3) is 0.182. The average Bonchev–Trinajstić information content (AvgIpc) is 2.70. The van der Waals surface area contributed by atoms with Gasteiger partial charge in [0.15, 0.2) is 5.75 Å². The Morgan fingerprint density at radius 3 is 2.48 bits per heavy atom. The van der Waals surface area contributed by atoms with Crippen molar-refractivity contribution in [3.05, 3.63) is 87.3 Å². The number of benzene rings is 2. The Balaban J connectivity index is 1.77. The minimum absolute atomic E-state index is 0.0586. The first kappa shape index (κ1) is 21.0. The van der Waals surface area contributed by atoms with E-state index in [0.29, 0.717) is 16.5 Å². The van der Waals surface area contributed by atoms with Gasteiger partial charge in [0.2, 0.25) is 11.3 Å². The van der Waals surface area contributed by atoms with Crippen LogP contribution in [0.4, 0.5) is 5.69 Å². The van der Waals surface area contributed by atoms with Crippen molar-refractivity contribution in [2.75, 3.05) is 12.4 Å². The maximum atomic E-state index is 12.5. The smallest absolute Gasteiger partial charge is 0.244 e. The maximum Gasteiger partial charge on any atom is 0.244 e. The van der Waals surface area contributed by atoms with Crippen molar-refractivity contribution in [2.24, 2.45) is 0 Å². The van der Waals surface area contributed by atoms with Gasteiger partial charge in [0, 0.05) is 33.1 Å². The number of pyridine rings is 1. The van der Waals surface area contributed by atoms with Crippen molar-refractivity contribution < 1.29 is 9.53 Å². The molecule has 0 bridgehead atoms. The first-order valence-corrected chi connectivity index (χ1v) is 10.3. The Morgan fingerprint density at radius 2 is 1.83 bits per heavy atom. The molecule has 7 heteroatoms. The Morgan fingerprint density at radius 1 is 1.14 bits per heavy atom. The van der Waals surface area contributed by atoms with E-state index in [0.717, 1.165) is 10.6 Å². The minimum atomic E-state index is -0.209. The van der Waals surface area contributed by atoms with Gasteiger partial charge in [-0.3, -0.25) is 9.59 Å². The number of ether oxygens (including phenoxy) is 1. The van der Waals surface area contributed by atoms with Crippen LogP contribution in [0.5, 0.6) is 5.75 Å². The van der Waals surface area contributed by atoms with E-state index in [4.69, 9.17) is 16.3 Å². The molecule has 0 unspecified atom stereocenters. The maximum absolute atomic E-state index is 12.5. The Kier molecular flexibility index (Phi) is 7.01. The quantitative estimate of drug-likeness (QED) is 0.551. The van der Waals surface area contributed by atoms with Crippen molar-refractivity contribution in [1.82, 2.24) is 4.57 Å². The molecule has 150 valence electrons. The first-order valence-electron chi connectivity index (χ1n) is 8.97. The molecule has 3 aromatic rings. The molecule has 29 heavy (non-hydrogen) atoms. The summed E-state index contributed by atoms with van der Waals surface area (Å²) in [6.45, 7) is 2.10. The van der Waals surface area contributed by atoms with Crippen LogP contribution in [0.2, 0.25) is 5.02 Å². The number of nitrogens with one attached hydrogen (secondary N) is 1. The molecule has 3 rings (SSSR count). The summed E-state index contributed by atoms with van der Waals surface area (Å²) in [7, 11) is 1.44. The third kappa shape index (κ3) is 5.89. The molecular formula is C22H21ClN2O3S. The van der Waals surface area contributed by atoms with E-state index in [1.165, 1.54) is 18.7 Å². The van der Waals surface area contributed by atoms with E-state index in [2.05, 4.69) is 5.32 Å². The summed E-state index contributed by atoms with van der Waals surface area (Å²) in [5.74, 6) is 0.546. The van der Waals surface area contributed by atoms with Gasteiger partial charge in [-0.1, -0.05) is 29.3 Å². The standard InChI is InChI=1S/C22H21ClN2O3S/c1-15-3-9-19(10-4-15)29-14-18-11-20(26)21(28-2)12-25(18)13-22(27)24-17-7-5-16(23)6-8-17/h3-12H,13-14H2,1-2H3,(H,24,27). The molecule has 0 spiro atoms. The Labute approximate surface area is 178 Å². The second-order valence-corrected chi connectivity index (χ2v) is 7.97. The number of aryl methyl sites for hydroxylation is 1. The van der Waals surface area contributed by atoms with Crippen LogP contribution in [-0.4, -0.2) is 17.6 Å². The monoisotopic (exact) mass is 428 g/mol. The van der Waals surface area contributed by atoms with Crippen LogP contribution in [0.3, 0.4) is 0 Å². The van der Waals surface area contributed by atoms with Crippen molar-refractivity contribution in [1.29, 1.82) is 0 Å². The number of halogens is 1. The van der Waals surface area contributed by atoms with Gasteiger partial charge in [-0.15, -0.1) is 11.8 Å². The van der Waals surface area contributed by atoms with E-state index in [-0.39, 0.29) is 23.6 Å². The molecule has 1 N–H and O–H groups in total. The molecular weight excluding hydrogens is 408 g/mol. The zero-order valence-electron chi connectivity index (χ0n) is 16.1. The number of hydrogen-bond acceptors (Lipinski definition) is 4.